The molecular formula is C21H20N4OS. The van der Waals surface area contributed by atoms with Gasteiger partial charge in [-0.2, -0.15) is 9.61 Å². The highest BCUT2D eigenvalue weighted by molar-refractivity contribution is 7.17. The monoisotopic (exact) mass is 376 g/mol. The summed E-state index contributed by atoms with van der Waals surface area (Å²) in [6, 6.07) is 18.1. The number of aromatic nitrogens is 4. The van der Waals surface area contributed by atoms with Crippen LogP contribution in [0.25, 0.3) is 28.5 Å². The average Bonchev–Trinajstić information content (AvgIpc) is 3.28. The standard InChI is InChI=1S/C21H20N4OS/c1-2-3-15-26-18-12-10-17(11-13-18)20-22-23-21-25(20)24-19(27-21)14-9-16-7-5-4-6-8-16/h4-14H,2-3,15H2,1H3. The van der Waals surface area contributed by atoms with Crippen LogP contribution >= 0.6 is 11.3 Å². The largest absolute Gasteiger partial charge is 0.494 e. The van der Waals surface area contributed by atoms with Crippen LogP contribution in [0.4, 0.5) is 0 Å². The molecule has 136 valence electrons. The van der Waals surface area contributed by atoms with Gasteiger partial charge in [0.1, 0.15) is 10.8 Å². The van der Waals surface area contributed by atoms with Crippen molar-refractivity contribution in [3.05, 3.63) is 65.2 Å². The first-order valence-electron chi connectivity index (χ1n) is 9.02. The summed E-state index contributed by atoms with van der Waals surface area (Å²) >= 11 is 1.52. The maximum Gasteiger partial charge on any atom is 0.235 e. The highest BCUT2D eigenvalue weighted by Gasteiger charge is 2.12. The van der Waals surface area contributed by atoms with Crippen LogP contribution in [0.3, 0.4) is 0 Å². The Hall–Kier alpha value is -2.99. The molecule has 5 nitrogen and oxygen atoms in total. The van der Waals surface area contributed by atoms with Crippen LogP contribution in [-0.2, 0) is 0 Å². The molecule has 0 unspecified atom stereocenters. The van der Waals surface area contributed by atoms with E-state index in [9.17, 15) is 0 Å². The zero-order chi connectivity index (χ0) is 18.5. The Morgan fingerprint density at radius 3 is 2.59 bits per heavy atom. The van der Waals surface area contributed by atoms with E-state index in [0.29, 0.717) is 0 Å². The number of hydrogen-bond donors (Lipinski definition) is 0. The Morgan fingerprint density at radius 2 is 1.81 bits per heavy atom. The van der Waals surface area contributed by atoms with Crippen LogP contribution < -0.4 is 4.74 Å². The van der Waals surface area contributed by atoms with Crippen LogP contribution in [0.15, 0.2) is 54.6 Å². The van der Waals surface area contributed by atoms with Crippen LogP contribution in [0, 0.1) is 0 Å². The number of rotatable bonds is 7. The van der Waals surface area contributed by atoms with Gasteiger partial charge in [-0.3, -0.25) is 0 Å². The minimum absolute atomic E-state index is 0.737. The van der Waals surface area contributed by atoms with Gasteiger partial charge in [0.2, 0.25) is 4.96 Å². The molecule has 0 N–H and O–H groups in total. The second-order valence-corrected chi connectivity index (χ2v) is 7.12. The van der Waals surface area contributed by atoms with Crippen molar-refractivity contribution in [3.63, 3.8) is 0 Å². The Morgan fingerprint density at radius 1 is 1.00 bits per heavy atom. The van der Waals surface area contributed by atoms with Gasteiger partial charge in [-0.05, 0) is 42.3 Å². The third kappa shape index (κ3) is 4.06. The predicted octanol–water partition coefficient (Wildman–Crippen LogP) is 5.20. The molecule has 0 atom stereocenters. The minimum atomic E-state index is 0.737. The molecule has 4 rings (SSSR count). The van der Waals surface area contributed by atoms with Crippen molar-refractivity contribution in [2.45, 2.75) is 19.8 Å². The maximum absolute atomic E-state index is 5.72. The highest BCUT2D eigenvalue weighted by Crippen LogP contribution is 2.24. The second-order valence-electron chi connectivity index (χ2n) is 6.13. The molecule has 2 aromatic carbocycles. The van der Waals surface area contributed by atoms with Gasteiger partial charge in [-0.1, -0.05) is 61.1 Å². The van der Waals surface area contributed by atoms with E-state index in [1.165, 1.54) is 11.3 Å². The van der Waals surface area contributed by atoms with E-state index in [2.05, 4.69) is 34.4 Å². The van der Waals surface area contributed by atoms with E-state index < -0.39 is 0 Å². The molecule has 0 saturated carbocycles. The van der Waals surface area contributed by atoms with Gasteiger partial charge in [0.25, 0.3) is 0 Å². The third-order valence-corrected chi connectivity index (χ3v) is 4.97. The summed E-state index contributed by atoms with van der Waals surface area (Å²) in [4.78, 5) is 0.779. The van der Waals surface area contributed by atoms with Crippen molar-refractivity contribution < 1.29 is 4.74 Å². The molecule has 0 radical (unpaired) electrons. The minimum Gasteiger partial charge on any atom is -0.494 e. The van der Waals surface area contributed by atoms with E-state index in [-0.39, 0.29) is 0 Å². The smallest absolute Gasteiger partial charge is 0.235 e. The Balaban J connectivity index is 1.54. The molecule has 0 bridgehead atoms. The zero-order valence-corrected chi connectivity index (χ0v) is 15.9. The fourth-order valence-electron chi connectivity index (χ4n) is 2.65. The van der Waals surface area contributed by atoms with Gasteiger partial charge in [0, 0.05) is 5.56 Å². The van der Waals surface area contributed by atoms with Gasteiger partial charge in [-0.15, -0.1) is 10.2 Å². The normalized spacial score (nSPS) is 11.4. The number of unbranched alkanes of at least 4 members (excludes halogenated alkanes) is 1. The molecule has 6 heteroatoms. The average molecular weight is 376 g/mol. The molecule has 27 heavy (non-hydrogen) atoms. The summed E-state index contributed by atoms with van der Waals surface area (Å²) in [5, 5.41) is 14.1. The number of ether oxygens (including phenoxy) is 1. The molecule has 2 heterocycles. The van der Waals surface area contributed by atoms with Gasteiger partial charge in [0.05, 0.1) is 6.61 Å². The summed E-state index contributed by atoms with van der Waals surface area (Å²) in [6.07, 6.45) is 6.24. The van der Waals surface area contributed by atoms with Crippen LogP contribution in [0.5, 0.6) is 5.75 Å². The number of benzene rings is 2. The van der Waals surface area contributed by atoms with Crippen molar-refractivity contribution in [1.82, 2.24) is 19.8 Å². The predicted molar refractivity (Wildman–Crippen MR) is 110 cm³/mol. The lowest BCUT2D eigenvalue weighted by Gasteiger charge is -2.05. The number of nitrogens with zero attached hydrogens (tertiary/aromatic N) is 4. The number of hydrogen-bond acceptors (Lipinski definition) is 5. The van der Waals surface area contributed by atoms with Gasteiger partial charge in [0.15, 0.2) is 5.82 Å². The Labute approximate surface area is 162 Å². The highest BCUT2D eigenvalue weighted by atomic mass is 32.1. The van der Waals surface area contributed by atoms with Crippen LogP contribution in [0.1, 0.15) is 30.3 Å². The molecule has 0 aliphatic heterocycles. The van der Waals surface area contributed by atoms with Crippen molar-refractivity contribution >= 4 is 28.4 Å². The maximum atomic E-state index is 5.72. The van der Waals surface area contributed by atoms with Gasteiger partial charge in [-0.25, -0.2) is 0 Å². The van der Waals surface area contributed by atoms with E-state index in [0.717, 1.165) is 52.1 Å². The van der Waals surface area contributed by atoms with E-state index >= 15 is 0 Å². The fraction of sp³-hybridized carbons (Fsp3) is 0.190. The van der Waals surface area contributed by atoms with Crippen molar-refractivity contribution in [3.8, 4) is 17.1 Å². The molecule has 0 amide bonds. The molecule has 0 spiro atoms. The lowest BCUT2D eigenvalue weighted by Crippen LogP contribution is -1.96. The summed E-state index contributed by atoms with van der Waals surface area (Å²) < 4.78 is 7.51. The van der Waals surface area contributed by atoms with Crippen LogP contribution in [-0.4, -0.2) is 26.4 Å². The van der Waals surface area contributed by atoms with Crippen molar-refractivity contribution in [1.29, 1.82) is 0 Å². The summed E-state index contributed by atoms with van der Waals surface area (Å²) in [5.41, 5.74) is 2.11. The zero-order valence-electron chi connectivity index (χ0n) is 15.1. The van der Waals surface area contributed by atoms with Crippen molar-refractivity contribution in [2.24, 2.45) is 0 Å². The summed E-state index contributed by atoms with van der Waals surface area (Å²) in [7, 11) is 0. The molecule has 2 aromatic heterocycles. The molecule has 0 fully saturated rings. The Bertz CT molecular complexity index is 1040. The van der Waals surface area contributed by atoms with E-state index in [4.69, 9.17) is 4.74 Å². The molecule has 0 aliphatic rings. The quantitative estimate of drug-likeness (QED) is 0.416. The first-order chi connectivity index (χ1) is 13.3. The molecule has 0 aliphatic carbocycles. The topological polar surface area (TPSA) is 52.3 Å². The van der Waals surface area contributed by atoms with Gasteiger partial charge >= 0.3 is 0 Å². The van der Waals surface area contributed by atoms with E-state index in [1.54, 1.807) is 4.52 Å². The lowest BCUT2D eigenvalue weighted by atomic mass is 10.2. The number of fused-ring (bicyclic) bond motifs is 1. The lowest BCUT2D eigenvalue weighted by molar-refractivity contribution is 0.309. The first-order valence-corrected chi connectivity index (χ1v) is 9.84. The molecule has 4 aromatic rings. The third-order valence-electron chi connectivity index (χ3n) is 4.10. The molecule has 0 saturated heterocycles. The van der Waals surface area contributed by atoms with E-state index in [1.807, 2.05) is 54.6 Å². The summed E-state index contributed by atoms with van der Waals surface area (Å²) in [6.45, 7) is 2.90. The summed E-state index contributed by atoms with van der Waals surface area (Å²) in [5.74, 6) is 1.61. The van der Waals surface area contributed by atoms with Gasteiger partial charge < -0.3 is 4.74 Å². The van der Waals surface area contributed by atoms with Crippen molar-refractivity contribution in [2.75, 3.05) is 6.61 Å². The fourth-order valence-corrected chi connectivity index (χ4v) is 3.39. The molecular weight excluding hydrogens is 356 g/mol. The SMILES string of the molecule is CCCCOc1ccc(-c2nnc3sc(C=Cc4ccccc4)nn23)cc1. The first kappa shape index (κ1) is 17.4. The second kappa shape index (κ2) is 8.14. The van der Waals surface area contributed by atoms with Crippen LogP contribution in [0.2, 0.25) is 0 Å². The Kier molecular flexibility index (Phi) is 5.25.